The number of carbonyl (C=O) groups excluding carboxylic acids is 1. The SMILES string of the molecule is O=C(Nc1cccc2sc(Cc3cccc(Cl)c3)nc12)c1cccc2ccc(=O)oc12. The molecule has 1 amide bonds. The summed E-state index contributed by atoms with van der Waals surface area (Å²) < 4.78 is 6.25. The third-order valence-electron chi connectivity index (χ3n) is 4.85. The van der Waals surface area contributed by atoms with Gasteiger partial charge in [-0.05, 0) is 42.0 Å². The van der Waals surface area contributed by atoms with Crippen LogP contribution in [0.25, 0.3) is 21.2 Å². The van der Waals surface area contributed by atoms with Crippen molar-refractivity contribution >= 4 is 55.7 Å². The topological polar surface area (TPSA) is 72.2 Å². The van der Waals surface area contributed by atoms with Crippen LogP contribution >= 0.6 is 22.9 Å². The Morgan fingerprint density at radius 3 is 2.74 bits per heavy atom. The largest absolute Gasteiger partial charge is 0.422 e. The van der Waals surface area contributed by atoms with E-state index in [1.54, 1.807) is 35.6 Å². The number of nitrogens with one attached hydrogen (secondary N) is 1. The lowest BCUT2D eigenvalue weighted by molar-refractivity contribution is 0.102. The van der Waals surface area contributed by atoms with Gasteiger partial charge in [-0.3, -0.25) is 4.79 Å². The van der Waals surface area contributed by atoms with E-state index in [4.69, 9.17) is 21.0 Å². The van der Waals surface area contributed by atoms with Crippen molar-refractivity contribution in [2.45, 2.75) is 6.42 Å². The predicted molar refractivity (Wildman–Crippen MR) is 124 cm³/mol. The number of amides is 1. The smallest absolute Gasteiger partial charge is 0.336 e. The van der Waals surface area contributed by atoms with Crippen molar-refractivity contribution in [2.75, 3.05) is 5.32 Å². The number of hydrogen-bond donors (Lipinski definition) is 1. The highest BCUT2D eigenvalue weighted by Crippen LogP contribution is 2.30. The van der Waals surface area contributed by atoms with Gasteiger partial charge in [0.05, 0.1) is 21.0 Å². The van der Waals surface area contributed by atoms with E-state index in [1.165, 1.54) is 6.07 Å². The number of benzene rings is 3. The van der Waals surface area contributed by atoms with Crippen molar-refractivity contribution in [1.29, 1.82) is 0 Å². The minimum absolute atomic E-state index is 0.264. The molecule has 0 fully saturated rings. The molecule has 0 spiro atoms. The van der Waals surface area contributed by atoms with Gasteiger partial charge in [-0.15, -0.1) is 11.3 Å². The van der Waals surface area contributed by atoms with Gasteiger partial charge in [0.15, 0.2) is 5.58 Å². The minimum atomic E-state index is -0.500. The van der Waals surface area contributed by atoms with Crippen LogP contribution in [-0.2, 0) is 6.42 Å². The first kappa shape index (κ1) is 19.5. The molecule has 0 atom stereocenters. The van der Waals surface area contributed by atoms with Gasteiger partial charge in [-0.25, -0.2) is 9.78 Å². The first-order chi connectivity index (χ1) is 15.1. The number of aromatic nitrogens is 1. The van der Waals surface area contributed by atoms with Crippen LogP contribution in [0.4, 0.5) is 5.69 Å². The third kappa shape index (κ3) is 3.95. The highest BCUT2D eigenvalue weighted by atomic mass is 35.5. The van der Waals surface area contributed by atoms with Crippen molar-refractivity contribution in [3.8, 4) is 0 Å². The van der Waals surface area contributed by atoms with Crippen molar-refractivity contribution < 1.29 is 9.21 Å². The van der Waals surface area contributed by atoms with E-state index >= 15 is 0 Å². The number of fused-ring (bicyclic) bond motifs is 2. The second kappa shape index (κ2) is 7.98. The van der Waals surface area contributed by atoms with Gasteiger partial charge in [-0.1, -0.05) is 41.9 Å². The Morgan fingerprint density at radius 1 is 1.03 bits per heavy atom. The van der Waals surface area contributed by atoms with Gasteiger partial charge in [0.1, 0.15) is 5.52 Å². The van der Waals surface area contributed by atoms with E-state index in [1.807, 2.05) is 42.5 Å². The molecule has 2 aromatic heterocycles. The lowest BCUT2D eigenvalue weighted by Gasteiger charge is -2.07. The summed E-state index contributed by atoms with van der Waals surface area (Å²) in [5.74, 6) is -0.364. The Labute approximate surface area is 185 Å². The summed E-state index contributed by atoms with van der Waals surface area (Å²) in [6.45, 7) is 0. The zero-order valence-corrected chi connectivity index (χ0v) is 17.7. The predicted octanol–water partition coefficient (Wildman–Crippen LogP) is 5.90. The van der Waals surface area contributed by atoms with Crippen LogP contribution in [0.2, 0.25) is 5.02 Å². The fraction of sp³-hybridized carbons (Fsp3) is 0.0417. The van der Waals surface area contributed by atoms with Crippen LogP contribution in [0.3, 0.4) is 0 Å². The Kier molecular flexibility index (Phi) is 5.02. The van der Waals surface area contributed by atoms with Gasteiger partial charge in [-0.2, -0.15) is 0 Å². The lowest BCUT2D eigenvalue weighted by atomic mass is 10.1. The van der Waals surface area contributed by atoms with Crippen molar-refractivity contribution in [1.82, 2.24) is 4.98 Å². The average molecular weight is 447 g/mol. The molecule has 0 saturated heterocycles. The maximum Gasteiger partial charge on any atom is 0.336 e. The summed E-state index contributed by atoms with van der Waals surface area (Å²) in [6, 6.07) is 21.5. The molecule has 0 aliphatic carbocycles. The molecule has 3 aromatic carbocycles. The molecule has 31 heavy (non-hydrogen) atoms. The minimum Gasteiger partial charge on any atom is -0.422 e. The van der Waals surface area contributed by atoms with Gasteiger partial charge < -0.3 is 9.73 Å². The Balaban J connectivity index is 1.48. The highest BCUT2D eigenvalue weighted by molar-refractivity contribution is 7.18. The molecule has 0 saturated carbocycles. The van der Waals surface area contributed by atoms with Crippen LogP contribution in [0, 0.1) is 0 Å². The molecular weight excluding hydrogens is 432 g/mol. The summed E-state index contributed by atoms with van der Waals surface area (Å²) in [7, 11) is 0. The molecule has 7 heteroatoms. The molecule has 0 aliphatic heterocycles. The molecular formula is C24H15ClN2O3S. The molecule has 0 aliphatic rings. The van der Waals surface area contributed by atoms with E-state index in [2.05, 4.69) is 5.32 Å². The average Bonchev–Trinajstić information content (AvgIpc) is 3.16. The number of halogens is 1. The molecule has 152 valence electrons. The maximum atomic E-state index is 13.0. The Bertz CT molecular complexity index is 1510. The second-order valence-electron chi connectivity index (χ2n) is 7.00. The van der Waals surface area contributed by atoms with Gasteiger partial charge in [0, 0.05) is 22.9 Å². The number of carbonyl (C=O) groups is 1. The second-order valence-corrected chi connectivity index (χ2v) is 8.55. The zero-order chi connectivity index (χ0) is 21.4. The molecule has 0 unspecified atom stereocenters. The zero-order valence-electron chi connectivity index (χ0n) is 16.1. The Morgan fingerprint density at radius 2 is 1.87 bits per heavy atom. The monoisotopic (exact) mass is 446 g/mol. The quantitative estimate of drug-likeness (QED) is 0.349. The number of para-hydroxylation sites is 2. The number of hydrogen-bond acceptors (Lipinski definition) is 5. The van der Waals surface area contributed by atoms with E-state index in [0.717, 1.165) is 20.8 Å². The number of rotatable bonds is 4. The third-order valence-corrected chi connectivity index (χ3v) is 6.10. The summed E-state index contributed by atoms with van der Waals surface area (Å²) in [5, 5.41) is 5.22. The van der Waals surface area contributed by atoms with Crippen LogP contribution in [0.15, 0.2) is 82.0 Å². The molecule has 0 bridgehead atoms. The summed E-state index contributed by atoms with van der Waals surface area (Å²) in [4.78, 5) is 29.4. The Hall–Kier alpha value is -3.48. The first-order valence-corrected chi connectivity index (χ1v) is 10.7. The standard InChI is InChI=1S/C24H15ClN2O3S/c25-16-6-1-4-14(12-16)13-20-27-22-18(8-3-9-19(22)31-20)26-24(29)17-7-2-5-15-10-11-21(28)30-23(15)17/h1-12H,13H2,(H,26,29). The van der Waals surface area contributed by atoms with Crippen LogP contribution in [-0.4, -0.2) is 10.9 Å². The van der Waals surface area contributed by atoms with E-state index in [9.17, 15) is 9.59 Å². The normalized spacial score (nSPS) is 11.1. The fourth-order valence-electron chi connectivity index (χ4n) is 3.45. The molecule has 5 aromatic rings. The summed E-state index contributed by atoms with van der Waals surface area (Å²) in [6.07, 6.45) is 0.655. The molecule has 5 nitrogen and oxygen atoms in total. The first-order valence-electron chi connectivity index (χ1n) is 9.54. The molecule has 2 heterocycles. The van der Waals surface area contributed by atoms with Crippen molar-refractivity contribution in [3.63, 3.8) is 0 Å². The molecule has 1 N–H and O–H groups in total. The summed E-state index contributed by atoms with van der Waals surface area (Å²) in [5.41, 5.74) is 2.45. The van der Waals surface area contributed by atoms with E-state index in [-0.39, 0.29) is 11.5 Å². The fourth-order valence-corrected chi connectivity index (χ4v) is 4.69. The van der Waals surface area contributed by atoms with Crippen LogP contribution in [0.5, 0.6) is 0 Å². The van der Waals surface area contributed by atoms with Crippen LogP contribution < -0.4 is 10.9 Å². The van der Waals surface area contributed by atoms with Gasteiger partial charge in [0.2, 0.25) is 0 Å². The van der Waals surface area contributed by atoms with Crippen molar-refractivity contribution in [3.05, 3.63) is 104 Å². The lowest BCUT2D eigenvalue weighted by Crippen LogP contribution is -2.13. The van der Waals surface area contributed by atoms with Crippen molar-refractivity contribution in [2.24, 2.45) is 0 Å². The van der Waals surface area contributed by atoms with Crippen LogP contribution in [0.1, 0.15) is 20.9 Å². The number of nitrogens with zero attached hydrogens (tertiary/aromatic N) is 1. The summed E-state index contributed by atoms with van der Waals surface area (Å²) >= 11 is 7.66. The maximum absolute atomic E-state index is 13.0. The van der Waals surface area contributed by atoms with Gasteiger partial charge >= 0.3 is 5.63 Å². The molecule has 0 radical (unpaired) electrons. The van der Waals surface area contributed by atoms with Gasteiger partial charge in [0.25, 0.3) is 5.91 Å². The van der Waals surface area contributed by atoms with E-state index < -0.39 is 5.63 Å². The van der Waals surface area contributed by atoms with E-state index in [0.29, 0.717) is 28.1 Å². The number of thiazole rings is 1. The highest BCUT2D eigenvalue weighted by Gasteiger charge is 2.16. The molecule has 5 rings (SSSR count). The number of anilines is 1.